The zero-order chi connectivity index (χ0) is 10.1. The summed E-state index contributed by atoms with van der Waals surface area (Å²) in [5.41, 5.74) is 4.98. The summed E-state index contributed by atoms with van der Waals surface area (Å²) in [4.78, 5) is 0. The summed E-state index contributed by atoms with van der Waals surface area (Å²) in [6, 6.07) is 0. The van der Waals surface area contributed by atoms with E-state index in [2.05, 4.69) is 4.72 Å². The molecule has 0 aromatic carbocycles. The second-order valence-corrected chi connectivity index (χ2v) is 6.23. The SMILES string of the molecule is CC(C)(CCN)NS(=O)(=O)C1CC1. The van der Waals surface area contributed by atoms with Crippen molar-refractivity contribution in [3.63, 3.8) is 0 Å². The maximum absolute atomic E-state index is 11.5. The molecule has 0 aliphatic heterocycles. The van der Waals surface area contributed by atoms with Crippen molar-refractivity contribution in [1.29, 1.82) is 0 Å². The molecule has 0 radical (unpaired) electrons. The van der Waals surface area contributed by atoms with Crippen LogP contribution in [0.15, 0.2) is 0 Å². The Balaban J connectivity index is 2.55. The number of nitrogens with one attached hydrogen (secondary N) is 1. The van der Waals surface area contributed by atoms with Gasteiger partial charge < -0.3 is 5.73 Å². The number of rotatable bonds is 5. The Morgan fingerprint density at radius 3 is 2.38 bits per heavy atom. The monoisotopic (exact) mass is 206 g/mol. The highest BCUT2D eigenvalue weighted by atomic mass is 32.2. The maximum atomic E-state index is 11.5. The van der Waals surface area contributed by atoms with Gasteiger partial charge in [-0.05, 0) is 39.7 Å². The molecule has 0 bridgehead atoms. The van der Waals surface area contributed by atoms with Crippen LogP contribution >= 0.6 is 0 Å². The molecule has 13 heavy (non-hydrogen) atoms. The van der Waals surface area contributed by atoms with Crippen molar-refractivity contribution in [2.24, 2.45) is 5.73 Å². The van der Waals surface area contributed by atoms with Crippen molar-refractivity contribution < 1.29 is 8.42 Å². The number of hydrogen-bond acceptors (Lipinski definition) is 3. The molecule has 3 N–H and O–H groups in total. The van der Waals surface area contributed by atoms with Crippen LogP contribution in [0.5, 0.6) is 0 Å². The molecule has 78 valence electrons. The van der Waals surface area contributed by atoms with E-state index in [1.54, 1.807) is 0 Å². The van der Waals surface area contributed by atoms with Gasteiger partial charge in [0.15, 0.2) is 0 Å². The molecule has 0 aromatic heterocycles. The Kier molecular flexibility index (Phi) is 2.99. The largest absolute Gasteiger partial charge is 0.330 e. The molecule has 0 amide bonds. The molecule has 1 aliphatic rings. The fourth-order valence-electron chi connectivity index (χ4n) is 1.26. The summed E-state index contributed by atoms with van der Waals surface area (Å²) in [5, 5.41) is -0.149. The Labute approximate surface area is 79.9 Å². The van der Waals surface area contributed by atoms with Gasteiger partial charge >= 0.3 is 0 Å². The van der Waals surface area contributed by atoms with E-state index in [1.165, 1.54) is 0 Å². The van der Waals surface area contributed by atoms with Crippen molar-refractivity contribution in [3.05, 3.63) is 0 Å². The predicted molar refractivity (Wildman–Crippen MR) is 52.8 cm³/mol. The van der Waals surface area contributed by atoms with E-state index in [1.807, 2.05) is 13.8 Å². The van der Waals surface area contributed by atoms with Crippen LogP contribution in [0.4, 0.5) is 0 Å². The van der Waals surface area contributed by atoms with Gasteiger partial charge in [-0.15, -0.1) is 0 Å². The number of nitrogens with two attached hydrogens (primary N) is 1. The van der Waals surface area contributed by atoms with E-state index >= 15 is 0 Å². The molecule has 0 unspecified atom stereocenters. The van der Waals surface area contributed by atoms with Crippen LogP contribution in [0.25, 0.3) is 0 Å². The third-order valence-corrected chi connectivity index (χ3v) is 4.34. The molecule has 5 heteroatoms. The average molecular weight is 206 g/mol. The molecule has 0 heterocycles. The van der Waals surface area contributed by atoms with E-state index in [4.69, 9.17) is 5.73 Å². The lowest BCUT2D eigenvalue weighted by atomic mass is 10.0. The molecule has 1 rings (SSSR count). The highest BCUT2D eigenvalue weighted by Crippen LogP contribution is 2.28. The molecular weight excluding hydrogens is 188 g/mol. The van der Waals surface area contributed by atoms with Crippen molar-refractivity contribution in [2.45, 2.75) is 43.9 Å². The normalized spacial score (nSPS) is 19.0. The standard InChI is InChI=1S/C8H18N2O2S/c1-8(2,5-6-9)10-13(11,12)7-3-4-7/h7,10H,3-6,9H2,1-2H3. The van der Waals surface area contributed by atoms with Gasteiger partial charge in [0.2, 0.25) is 10.0 Å². The maximum Gasteiger partial charge on any atom is 0.214 e. The second-order valence-electron chi connectivity index (χ2n) is 4.27. The summed E-state index contributed by atoms with van der Waals surface area (Å²) in [5.74, 6) is 0. The van der Waals surface area contributed by atoms with E-state index in [0.29, 0.717) is 13.0 Å². The van der Waals surface area contributed by atoms with Crippen molar-refractivity contribution in [2.75, 3.05) is 6.54 Å². The first-order chi connectivity index (χ1) is 5.87. The lowest BCUT2D eigenvalue weighted by Gasteiger charge is -2.25. The van der Waals surface area contributed by atoms with Crippen molar-refractivity contribution in [3.8, 4) is 0 Å². The minimum absolute atomic E-state index is 0.149. The molecule has 0 aromatic rings. The van der Waals surface area contributed by atoms with Gasteiger partial charge in [-0.2, -0.15) is 0 Å². The van der Waals surface area contributed by atoms with Crippen molar-refractivity contribution in [1.82, 2.24) is 4.72 Å². The van der Waals surface area contributed by atoms with Gasteiger partial charge in [0.25, 0.3) is 0 Å². The van der Waals surface area contributed by atoms with Crippen LogP contribution in [0.2, 0.25) is 0 Å². The fraction of sp³-hybridized carbons (Fsp3) is 1.00. The van der Waals surface area contributed by atoms with Gasteiger partial charge in [0.05, 0.1) is 5.25 Å². The van der Waals surface area contributed by atoms with Crippen LogP contribution < -0.4 is 10.5 Å². The van der Waals surface area contributed by atoms with E-state index in [0.717, 1.165) is 12.8 Å². The topological polar surface area (TPSA) is 72.2 Å². The van der Waals surface area contributed by atoms with Gasteiger partial charge in [-0.3, -0.25) is 0 Å². The minimum Gasteiger partial charge on any atom is -0.330 e. The molecule has 1 fully saturated rings. The first kappa shape index (κ1) is 10.9. The van der Waals surface area contributed by atoms with E-state index < -0.39 is 15.6 Å². The smallest absolute Gasteiger partial charge is 0.214 e. The fourth-order valence-corrected chi connectivity index (χ4v) is 3.05. The first-order valence-electron chi connectivity index (χ1n) is 4.60. The molecular formula is C8H18N2O2S. The zero-order valence-corrected chi connectivity index (χ0v) is 9.02. The lowest BCUT2D eigenvalue weighted by molar-refractivity contribution is 0.427. The summed E-state index contributed by atoms with van der Waals surface area (Å²) in [6.45, 7) is 4.22. The van der Waals surface area contributed by atoms with Crippen LogP contribution in [0.3, 0.4) is 0 Å². The quantitative estimate of drug-likeness (QED) is 0.674. The van der Waals surface area contributed by atoms with E-state index in [-0.39, 0.29) is 5.25 Å². The third-order valence-electron chi connectivity index (χ3n) is 2.15. The van der Waals surface area contributed by atoms with Crippen LogP contribution in [0, 0.1) is 0 Å². The Morgan fingerprint density at radius 1 is 1.46 bits per heavy atom. The second kappa shape index (κ2) is 3.55. The average Bonchev–Trinajstić information content (AvgIpc) is 2.62. The third kappa shape index (κ3) is 3.25. The Bertz CT molecular complexity index is 268. The van der Waals surface area contributed by atoms with Gasteiger partial charge in [-0.25, -0.2) is 13.1 Å². The summed E-state index contributed by atoms with van der Waals surface area (Å²) < 4.78 is 25.8. The summed E-state index contributed by atoms with van der Waals surface area (Å²) in [6.07, 6.45) is 2.26. The molecule has 1 aliphatic carbocycles. The van der Waals surface area contributed by atoms with E-state index in [9.17, 15) is 8.42 Å². The molecule has 0 saturated heterocycles. The van der Waals surface area contributed by atoms with Gasteiger partial charge in [0.1, 0.15) is 0 Å². The highest BCUT2D eigenvalue weighted by molar-refractivity contribution is 7.90. The van der Waals surface area contributed by atoms with Crippen molar-refractivity contribution >= 4 is 10.0 Å². The summed E-state index contributed by atoms with van der Waals surface area (Å²) >= 11 is 0. The Hall–Kier alpha value is -0.130. The lowest BCUT2D eigenvalue weighted by Crippen LogP contribution is -2.45. The zero-order valence-electron chi connectivity index (χ0n) is 8.21. The summed E-state index contributed by atoms with van der Waals surface area (Å²) in [7, 11) is -3.07. The predicted octanol–water partition coefficient (Wildman–Crippen LogP) is 0.196. The van der Waals surface area contributed by atoms with Gasteiger partial charge in [-0.1, -0.05) is 0 Å². The highest BCUT2D eigenvalue weighted by Gasteiger charge is 2.38. The van der Waals surface area contributed by atoms with Gasteiger partial charge in [0, 0.05) is 5.54 Å². The van der Waals surface area contributed by atoms with Crippen LogP contribution in [-0.2, 0) is 10.0 Å². The molecule has 4 nitrogen and oxygen atoms in total. The molecule has 0 atom stereocenters. The first-order valence-corrected chi connectivity index (χ1v) is 6.15. The van der Waals surface area contributed by atoms with Crippen LogP contribution in [0.1, 0.15) is 33.1 Å². The van der Waals surface area contributed by atoms with Crippen LogP contribution in [-0.4, -0.2) is 25.8 Å². The molecule has 1 saturated carbocycles. The Morgan fingerprint density at radius 2 is 2.00 bits per heavy atom. The number of sulfonamides is 1. The number of hydrogen-bond donors (Lipinski definition) is 2. The minimum atomic E-state index is -3.07. The molecule has 0 spiro atoms.